The van der Waals surface area contributed by atoms with Gasteiger partial charge in [0.2, 0.25) is 11.8 Å². The first-order valence-corrected chi connectivity index (χ1v) is 7.10. The molecule has 4 nitrogen and oxygen atoms in total. The first kappa shape index (κ1) is 13.6. The number of carbonyl (C=O) groups is 1. The Labute approximate surface area is 129 Å². The van der Waals surface area contributed by atoms with Crippen molar-refractivity contribution in [2.75, 3.05) is 5.32 Å². The van der Waals surface area contributed by atoms with Crippen LogP contribution in [0.1, 0.15) is 5.89 Å². The van der Waals surface area contributed by atoms with Gasteiger partial charge in [0, 0.05) is 22.3 Å². The van der Waals surface area contributed by atoms with E-state index < -0.39 is 0 Å². The number of rotatable bonds is 3. The Hall–Kier alpha value is -2.40. The lowest BCUT2D eigenvalue weighted by molar-refractivity contribution is -0.111. The predicted molar refractivity (Wildman–Crippen MR) is 85.8 cm³/mol. The van der Waals surface area contributed by atoms with Crippen LogP contribution in [0.5, 0.6) is 0 Å². The molecule has 5 heteroatoms. The number of oxazole rings is 1. The van der Waals surface area contributed by atoms with Gasteiger partial charge in [-0.3, -0.25) is 4.79 Å². The highest BCUT2D eigenvalue weighted by Crippen LogP contribution is 2.17. The number of benzene rings is 2. The standard InChI is InChI=1S/C16H11BrN2O2/c17-11-4-3-5-12(10-11)18-15(20)8-9-16-19-13-6-1-2-7-14(13)21-16/h1-10H,(H,18,20)/b9-8+. The van der Waals surface area contributed by atoms with E-state index in [0.29, 0.717) is 11.5 Å². The molecule has 0 aliphatic rings. The molecule has 1 heterocycles. The van der Waals surface area contributed by atoms with Gasteiger partial charge in [-0.1, -0.05) is 34.1 Å². The van der Waals surface area contributed by atoms with Crippen LogP contribution in [0.25, 0.3) is 17.2 Å². The van der Waals surface area contributed by atoms with Crippen molar-refractivity contribution in [3.05, 3.63) is 65.0 Å². The van der Waals surface area contributed by atoms with Crippen molar-refractivity contribution in [2.45, 2.75) is 0 Å². The van der Waals surface area contributed by atoms with Gasteiger partial charge in [0.15, 0.2) is 5.58 Å². The van der Waals surface area contributed by atoms with Crippen LogP contribution < -0.4 is 5.32 Å². The molecule has 0 saturated carbocycles. The molecule has 0 atom stereocenters. The Morgan fingerprint density at radius 3 is 2.86 bits per heavy atom. The molecule has 1 aromatic heterocycles. The molecule has 104 valence electrons. The first-order chi connectivity index (χ1) is 10.2. The molecular formula is C16H11BrN2O2. The minimum Gasteiger partial charge on any atom is -0.437 e. The molecule has 3 aromatic rings. The van der Waals surface area contributed by atoms with E-state index in [1.165, 1.54) is 6.08 Å². The van der Waals surface area contributed by atoms with E-state index in [4.69, 9.17) is 4.42 Å². The minimum atomic E-state index is -0.240. The van der Waals surface area contributed by atoms with E-state index in [0.717, 1.165) is 15.7 Å². The van der Waals surface area contributed by atoms with Crippen molar-refractivity contribution in [3.63, 3.8) is 0 Å². The lowest BCUT2D eigenvalue weighted by Gasteiger charge is -2.01. The molecule has 1 amide bonds. The molecule has 0 radical (unpaired) electrons. The van der Waals surface area contributed by atoms with E-state index in [1.54, 1.807) is 6.08 Å². The van der Waals surface area contributed by atoms with Crippen molar-refractivity contribution in [3.8, 4) is 0 Å². The quantitative estimate of drug-likeness (QED) is 0.724. The molecule has 0 aliphatic carbocycles. The van der Waals surface area contributed by atoms with E-state index in [1.807, 2.05) is 48.5 Å². The smallest absolute Gasteiger partial charge is 0.248 e. The fourth-order valence-corrected chi connectivity index (χ4v) is 2.26. The van der Waals surface area contributed by atoms with Crippen LogP contribution in [-0.4, -0.2) is 10.9 Å². The van der Waals surface area contributed by atoms with Gasteiger partial charge in [-0.2, -0.15) is 0 Å². The van der Waals surface area contributed by atoms with Gasteiger partial charge in [0.25, 0.3) is 0 Å². The number of anilines is 1. The minimum absolute atomic E-state index is 0.240. The summed E-state index contributed by atoms with van der Waals surface area (Å²) in [7, 11) is 0. The van der Waals surface area contributed by atoms with Crippen molar-refractivity contribution in [1.29, 1.82) is 0 Å². The maximum atomic E-state index is 11.8. The van der Waals surface area contributed by atoms with Crippen LogP contribution >= 0.6 is 15.9 Å². The second-order valence-corrected chi connectivity index (χ2v) is 5.27. The number of fused-ring (bicyclic) bond motifs is 1. The van der Waals surface area contributed by atoms with Crippen molar-refractivity contribution in [2.24, 2.45) is 0 Å². The molecule has 3 rings (SSSR count). The predicted octanol–water partition coefficient (Wildman–Crippen LogP) is 4.24. The molecule has 0 spiro atoms. The van der Waals surface area contributed by atoms with Crippen LogP contribution in [0.15, 0.2) is 63.5 Å². The van der Waals surface area contributed by atoms with Crippen LogP contribution in [-0.2, 0) is 4.79 Å². The summed E-state index contributed by atoms with van der Waals surface area (Å²) in [5.41, 5.74) is 2.19. The normalized spacial score (nSPS) is 11.1. The van der Waals surface area contributed by atoms with E-state index >= 15 is 0 Å². The van der Waals surface area contributed by atoms with Gasteiger partial charge in [0.05, 0.1) is 0 Å². The summed E-state index contributed by atoms with van der Waals surface area (Å²) in [6.45, 7) is 0. The fraction of sp³-hybridized carbons (Fsp3) is 0. The Kier molecular flexibility index (Phi) is 3.83. The lowest BCUT2D eigenvalue weighted by atomic mass is 10.3. The molecule has 1 N–H and O–H groups in total. The Morgan fingerprint density at radius 2 is 2.05 bits per heavy atom. The van der Waals surface area contributed by atoms with E-state index in [2.05, 4.69) is 26.2 Å². The Morgan fingerprint density at radius 1 is 1.19 bits per heavy atom. The average molecular weight is 343 g/mol. The summed E-state index contributed by atoms with van der Waals surface area (Å²) < 4.78 is 6.41. The third kappa shape index (κ3) is 3.38. The van der Waals surface area contributed by atoms with Crippen molar-refractivity contribution < 1.29 is 9.21 Å². The van der Waals surface area contributed by atoms with Crippen LogP contribution in [0.2, 0.25) is 0 Å². The second-order valence-electron chi connectivity index (χ2n) is 4.35. The SMILES string of the molecule is O=C(/C=C/c1nc2ccccc2o1)Nc1cccc(Br)c1. The van der Waals surface area contributed by atoms with Crippen molar-refractivity contribution >= 4 is 44.7 Å². The van der Waals surface area contributed by atoms with Gasteiger partial charge >= 0.3 is 0 Å². The largest absolute Gasteiger partial charge is 0.437 e. The number of aromatic nitrogens is 1. The van der Waals surface area contributed by atoms with E-state index in [-0.39, 0.29) is 5.91 Å². The van der Waals surface area contributed by atoms with Gasteiger partial charge in [-0.05, 0) is 30.3 Å². The summed E-state index contributed by atoms with van der Waals surface area (Å²) in [6, 6.07) is 14.8. The topological polar surface area (TPSA) is 55.1 Å². The molecule has 21 heavy (non-hydrogen) atoms. The third-order valence-corrected chi connectivity index (χ3v) is 3.27. The third-order valence-electron chi connectivity index (χ3n) is 2.78. The molecule has 0 fully saturated rings. The van der Waals surface area contributed by atoms with Gasteiger partial charge < -0.3 is 9.73 Å². The highest BCUT2D eigenvalue weighted by Gasteiger charge is 2.03. The molecule has 0 aliphatic heterocycles. The second kappa shape index (κ2) is 5.93. The van der Waals surface area contributed by atoms with Gasteiger partial charge in [0.1, 0.15) is 5.52 Å². The lowest BCUT2D eigenvalue weighted by Crippen LogP contribution is -2.07. The van der Waals surface area contributed by atoms with Crippen LogP contribution in [0, 0.1) is 0 Å². The fourth-order valence-electron chi connectivity index (χ4n) is 1.86. The number of nitrogens with zero attached hydrogens (tertiary/aromatic N) is 1. The Balaban J connectivity index is 1.71. The summed E-state index contributed by atoms with van der Waals surface area (Å²) in [5, 5.41) is 2.76. The maximum absolute atomic E-state index is 11.8. The maximum Gasteiger partial charge on any atom is 0.248 e. The number of nitrogens with one attached hydrogen (secondary N) is 1. The zero-order valence-electron chi connectivity index (χ0n) is 10.9. The first-order valence-electron chi connectivity index (χ1n) is 6.31. The van der Waals surface area contributed by atoms with Gasteiger partial charge in [-0.15, -0.1) is 0 Å². The number of hydrogen-bond acceptors (Lipinski definition) is 3. The number of carbonyl (C=O) groups excluding carboxylic acids is 1. The monoisotopic (exact) mass is 342 g/mol. The molecular weight excluding hydrogens is 332 g/mol. The van der Waals surface area contributed by atoms with Crippen LogP contribution in [0.4, 0.5) is 5.69 Å². The highest BCUT2D eigenvalue weighted by atomic mass is 79.9. The number of hydrogen-bond donors (Lipinski definition) is 1. The number of amides is 1. The van der Waals surface area contributed by atoms with Crippen molar-refractivity contribution in [1.82, 2.24) is 4.98 Å². The summed E-state index contributed by atoms with van der Waals surface area (Å²) in [4.78, 5) is 16.1. The Bertz CT molecular complexity index is 791. The molecule has 0 bridgehead atoms. The average Bonchev–Trinajstić information content (AvgIpc) is 2.88. The zero-order chi connectivity index (χ0) is 14.7. The zero-order valence-corrected chi connectivity index (χ0v) is 12.5. The molecule has 0 unspecified atom stereocenters. The summed E-state index contributed by atoms with van der Waals surface area (Å²) in [5.74, 6) is 0.163. The molecule has 0 saturated heterocycles. The molecule has 2 aromatic carbocycles. The van der Waals surface area contributed by atoms with Gasteiger partial charge in [-0.25, -0.2) is 4.98 Å². The highest BCUT2D eigenvalue weighted by molar-refractivity contribution is 9.10. The summed E-state index contributed by atoms with van der Waals surface area (Å²) >= 11 is 3.35. The summed E-state index contributed by atoms with van der Waals surface area (Å²) in [6.07, 6.45) is 2.94. The number of para-hydroxylation sites is 2. The number of halogens is 1. The van der Waals surface area contributed by atoms with E-state index in [9.17, 15) is 4.79 Å². The van der Waals surface area contributed by atoms with Crippen LogP contribution in [0.3, 0.4) is 0 Å².